The molecule has 0 N–H and O–H groups in total. The topological polar surface area (TPSA) is 94.3 Å². The fourth-order valence-corrected chi connectivity index (χ4v) is 4.42. The second kappa shape index (κ2) is 9.54. The maximum Gasteiger partial charge on any atom is 0.410 e. The van der Waals surface area contributed by atoms with Crippen LogP contribution in [-0.4, -0.2) is 60.7 Å². The second-order valence-corrected chi connectivity index (χ2v) is 9.91. The second-order valence-electron chi connectivity index (χ2n) is 9.07. The molecule has 2 aromatic heterocycles. The number of rotatable bonds is 6. The summed E-state index contributed by atoms with van der Waals surface area (Å²) >= 11 is 1.54. The molecule has 0 radical (unpaired) electrons. The number of piperazine rings is 1. The van der Waals surface area contributed by atoms with Crippen LogP contribution in [-0.2, 0) is 11.3 Å². The Bertz CT molecular complexity index is 1190. The summed E-state index contributed by atoms with van der Waals surface area (Å²) in [7, 11) is 1.56. The molecule has 4 rings (SSSR count). The lowest BCUT2D eigenvalue weighted by Crippen LogP contribution is -2.50. The van der Waals surface area contributed by atoms with Gasteiger partial charge in [0.25, 0.3) is 0 Å². The number of methoxy groups -OCH3 is 1. The van der Waals surface area contributed by atoms with Gasteiger partial charge < -0.3 is 28.4 Å². The molecular weight excluding hydrogens is 458 g/mol. The van der Waals surface area contributed by atoms with Gasteiger partial charge in [-0.15, -0.1) is 11.3 Å². The molecule has 3 heterocycles. The third-order valence-corrected chi connectivity index (χ3v) is 6.22. The van der Waals surface area contributed by atoms with E-state index < -0.39 is 5.60 Å². The first-order chi connectivity index (χ1) is 16.1. The maximum absolute atomic E-state index is 12.3. The highest BCUT2D eigenvalue weighted by Gasteiger charge is 2.27. The molecule has 1 aromatic carbocycles. The van der Waals surface area contributed by atoms with E-state index in [1.165, 1.54) is 6.92 Å². The predicted octanol–water partition coefficient (Wildman–Crippen LogP) is 4.74. The minimum Gasteiger partial charge on any atom is -0.496 e. The molecular formula is C24H29N3O6S. The fraction of sp³-hybridized carbons (Fsp3) is 0.458. The summed E-state index contributed by atoms with van der Waals surface area (Å²) in [5.74, 6) is 1.26. The molecule has 9 nitrogen and oxygen atoms in total. The number of fused-ring (bicyclic) bond motifs is 1. The molecule has 1 aliphatic heterocycles. The Morgan fingerprint density at radius 2 is 1.88 bits per heavy atom. The Morgan fingerprint density at radius 3 is 2.53 bits per heavy atom. The predicted molar refractivity (Wildman–Crippen MR) is 129 cm³/mol. The average molecular weight is 488 g/mol. The van der Waals surface area contributed by atoms with E-state index in [-0.39, 0.29) is 24.2 Å². The SMILES string of the molecule is COc1cc(OCc2csc(N3CCN(C(=O)OC(C)(C)C)CC3)n2)c2cc(C(C)=O)oc2c1. The summed E-state index contributed by atoms with van der Waals surface area (Å²) < 4.78 is 22.5. The van der Waals surface area contributed by atoms with Crippen LogP contribution in [0.5, 0.6) is 11.5 Å². The van der Waals surface area contributed by atoms with Crippen molar-refractivity contribution in [1.82, 2.24) is 9.88 Å². The van der Waals surface area contributed by atoms with Gasteiger partial charge in [0.15, 0.2) is 16.7 Å². The van der Waals surface area contributed by atoms with E-state index in [1.807, 2.05) is 26.2 Å². The van der Waals surface area contributed by atoms with Crippen LogP contribution < -0.4 is 14.4 Å². The van der Waals surface area contributed by atoms with Crippen LogP contribution in [0.3, 0.4) is 0 Å². The molecule has 10 heteroatoms. The van der Waals surface area contributed by atoms with E-state index in [2.05, 4.69) is 4.90 Å². The molecule has 1 fully saturated rings. The number of nitrogens with zero attached hydrogens (tertiary/aromatic N) is 3. The molecule has 0 atom stereocenters. The number of hydrogen-bond donors (Lipinski definition) is 0. The minimum atomic E-state index is -0.503. The standard InChI is InChI=1S/C24H29N3O6S/c1-15(28)19-12-18-20(10-17(30-5)11-21(18)32-19)31-13-16-14-34-22(25-16)26-6-8-27(9-7-26)23(29)33-24(2,3)4/h10-12,14H,6-9,13H2,1-5H3. The number of carbonyl (C=O) groups is 2. The third-order valence-electron chi connectivity index (χ3n) is 5.27. The van der Waals surface area contributed by atoms with Gasteiger partial charge in [-0.3, -0.25) is 4.79 Å². The number of anilines is 1. The van der Waals surface area contributed by atoms with Crippen molar-refractivity contribution in [1.29, 1.82) is 0 Å². The van der Waals surface area contributed by atoms with Crippen molar-refractivity contribution >= 4 is 39.3 Å². The van der Waals surface area contributed by atoms with Crippen molar-refractivity contribution < 1.29 is 28.2 Å². The van der Waals surface area contributed by atoms with Gasteiger partial charge in [-0.2, -0.15) is 0 Å². The zero-order valence-corrected chi connectivity index (χ0v) is 20.9. The van der Waals surface area contributed by atoms with Crippen LogP contribution in [0.4, 0.5) is 9.93 Å². The maximum atomic E-state index is 12.3. The molecule has 0 bridgehead atoms. The number of ether oxygens (including phenoxy) is 3. The van der Waals surface area contributed by atoms with Gasteiger partial charge >= 0.3 is 6.09 Å². The average Bonchev–Trinajstić information content (AvgIpc) is 3.43. The molecule has 0 unspecified atom stereocenters. The summed E-state index contributed by atoms with van der Waals surface area (Å²) in [5.41, 5.74) is 0.818. The fourth-order valence-electron chi connectivity index (χ4n) is 3.56. The van der Waals surface area contributed by atoms with Gasteiger partial charge in [-0.25, -0.2) is 9.78 Å². The van der Waals surface area contributed by atoms with Gasteiger partial charge in [0.1, 0.15) is 29.3 Å². The number of furan rings is 1. The van der Waals surface area contributed by atoms with Crippen molar-refractivity contribution in [3.63, 3.8) is 0 Å². The van der Waals surface area contributed by atoms with Gasteiger partial charge in [0.05, 0.1) is 18.2 Å². The van der Waals surface area contributed by atoms with Gasteiger partial charge in [-0.1, -0.05) is 0 Å². The third kappa shape index (κ3) is 5.44. The number of ketones is 1. The van der Waals surface area contributed by atoms with Crippen molar-refractivity contribution in [3.05, 3.63) is 35.0 Å². The number of Topliss-reactive ketones (excluding diaryl/α,β-unsaturated/α-hetero) is 1. The number of aromatic nitrogens is 1. The first-order valence-corrected chi connectivity index (χ1v) is 11.9. The number of hydrogen-bond acceptors (Lipinski definition) is 9. The Balaban J connectivity index is 1.39. The number of carbonyl (C=O) groups excluding carboxylic acids is 2. The summed E-state index contributed by atoms with van der Waals surface area (Å²) in [6.07, 6.45) is -0.280. The lowest BCUT2D eigenvalue weighted by atomic mass is 10.2. The van der Waals surface area contributed by atoms with E-state index in [1.54, 1.807) is 41.5 Å². The highest BCUT2D eigenvalue weighted by Crippen LogP contribution is 2.34. The zero-order chi connectivity index (χ0) is 24.5. The summed E-state index contributed by atoms with van der Waals surface area (Å²) in [4.78, 5) is 32.6. The first-order valence-electron chi connectivity index (χ1n) is 11.1. The van der Waals surface area contributed by atoms with Crippen LogP contribution in [0.2, 0.25) is 0 Å². The van der Waals surface area contributed by atoms with Crippen molar-refractivity contribution in [2.45, 2.75) is 39.9 Å². The Kier molecular flexibility index (Phi) is 6.70. The lowest BCUT2D eigenvalue weighted by Gasteiger charge is -2.35. The van der Waals surface area contributed by atoms with E-state index in [9.17, 15) is 9.59 Å². The van der Waals surface area contributed by atoms with Gasteiger partial charge in [-0.05, 0) is 26.8 Å². The molecule has 1 amide bonds. The monoisotopic (exact) mass is 487 g/mol. The first kappa shape index (κ1) is 23.9. The van der Waals surface area contributed by atoms with E-state index in [0.717, 1.165) is 10.8 Å². The number of benzene rings is 1. The largest absolute Gasteiger partial charge is 0.496 e. The van der Waals surface area contributed by atoms with Crippen LogP contribution in [0, 0.1) is 0 Å². The number of thiazole rings is 1. The van der Waals surface area contributed by atoms with Crippen LogP contribution >= 0.6 is 11.3 Å². The molecule has 182 valence electrons. The quantitative estimate of drug-likeness (QED) is 0.461. The van der Waals surface area contributed by atoms with Crippen LogP contribution in [0.25, 0.3) is 11.0 Å². The zero-order valence-electron chi connectivity index (χ0n) is 20.0. The minimum absolute atomic E-state index is 0.156. The summed E-state index contributed by atoms with van der Waals surface area (Å²) in [6, 6.07) is 5.18. The lowest BCUT2D eigenvalue weighted by molar-refractivity contribution is 0.0240. The van der Waals surface area contributed by atoms with Crippen molar-refractivity contribution in [3.8, 4) is 11.5 Å². The summed E-state index contributed by atoms with van der Waals surface area (Å²) in [5, 5.41) is 3.56. The molecule has 34 heavy (non-hydrogen) atoms. The molecule has 1 aliphatic rings. The molecule has 0 aliphatic carbocycles. The van der Waals surface area contributed by atoms with Crippen LogP contribution in [0.15, 0.2) is 28.0 Å². The van der Waals surface area contributed by atoms with E-state index in [0.29, 0.717) is 48.6 Å². The van der Waals surface area contributed by atoms with E-state index in [4.69, 9.17) is 23.6 Å². The Labute approximate surface area is 202 Å². The Morgan fingerprint density at radius 1 is 1.15 bits per heavy atom. The van der Waals surface area contributed by atoms with Crippen LogP contribution in [0.1, 0.15) is 43.9 Å². The molecule has 0 saturated carbocycles. The van der Waals surface area contributed by atoms with Gasteiger partial charge in [0, 0.05) is 50.6 Å². The van der Waals surface area contributed by atoms with Gasteiger partial charge in [0.2, 0.25) is 0 Å². The molecule has 3 aromatic rings. The highest BCUT2D eigenvalue weighted by molar-refractivity contribution is 7.13. The highest BCUT2D eigenvalue weighted by atomic mass is 32.1. The molecule has 1 saturated heterocycles. The summed E-state index contributed by atoms with van der Waals surface area (Å²) in [6.45, 7) is 9.86. The van der Waals surface area contributed by atoms with Crippen molar-refractivity contribution in [2.24, 2.45) is 0 Å². The molecule has 0 spiro atoms. The van der Waals surface area contributed by atoms with E-state index >= 15 is 0 Å². The normalized spacial score (nSPS) is 14.4. The smallest absolute Gasteiger partial charge is 0.410 e. The number of amides is 1. The Hall–Kier alpha value is -3.27. The van der Waals surface area contributed by atoms with Crippen molar-refractivity contribution in [2.75, 3.05) is 38.2 Å².